The number of carbonyl (C=O) groups excluding carboxylic acids is 2. The zero-order valence-corrected chi connectivity index (χ0v) is 13.1. The lowest BCUT2D eigenvalue weighted by Gasteiger charge is -2.32. The number of nitrogens with zero attached hydrogens (tertiary/aromatic N) is 2. The van der Waals surface area contributed by atoms with Crippen molar-refractivity contribution in [3.63, 3.8) is 0 Å². The number of aromatic nitrogens is 1. The van der Waals surface area contributed by atoms with Crippen molar-refractivity contribution in [3.8, 4) is 0 Å². The van der Waals surface area contributed by atoms with E-state index < -0.39 is 0 Å². The van der Waals surface area contributed by atoms with Gasteiger partial charge in [-0.15, -0.1) is 0 Å². The van der Waals surface area contributed by atoms with Crippen molar-refractivity contribution in [3.05, 3.63) is 28.5 Å². The van der Waals surface area contributed by atoms with Gasteiger partial charge < -0.3 is 10.2 Å². The van der Waals surface area contributed by atoms with Crippen LogP contribution in [-0.2, 0) is 4.79 Å². The highest BCUT2D eigenvalue weighted by Gasteiger charge is 2.25. The van der Waals surface area contributed by atoms with Crippen LogP contribution in [0.15, 0.2) is 12.3 Å². The van der Waals surface area contributed by atoms with Gasteiger partial charge in [0.05, 0.1) is 10.6 Å². The van der Waals surface area contributed by atoms with Crippen LogP contribution in [0.3, 0.4) is 0 Å². The minimum Gasteiger partial charge on any atom is -0.356 e. The Hall–Kier alpha value is -1.62. The number of likely N-dealkylation sites (tertiary alicyclic amines) is 1. The molecule has 1 aliphatic rings. The van der Waals surface area contributed by atoms with Crippen LogP contribution >= 0.6 is 11.6 Å². The summed E-state index contributed by atoms with van der Waals surface area (Å²) in [5, 5.41) is 3.28. The number of carbonyl (C=O) groups is 2. The lowest BCUT2D eigenvalue weighted by atomic mass is 9.96. The van der Waals surface area contributed by atoms with E-state index in [-0.39, 0.29) is 11.8 Å². The molecule has 0 spiro atoms. The number of pyridine rings is 1. The second-order valence-electron chi connectivity index (χ2n) is 5.48. The van der Waals surface area contributed by atoms with Crippen molar-refractivity contribution in [1.82, 2.24) is 15.2 Å². The van der Waals surface area contributed by atoms with Crippen molar-refractivity contribution < 1.29 is 9.59 Å². The van der Waals surface area contributed by atoms with Gasteiger partial charge in [-0.1, -0.05) is 11.6 Å². The lowest BCUT2D eigenvalue weighted by molar-refractivity contribution is -0.119. The Balaban J connectivity index is 1.92. The molecule has 0 radical (unpaired) electrons. The maximum atomic E-state index is 12.4. The largest absolute Gasteiger partial charge is 0.356 e. The fourth-order valence-electron chi connectivity index (χ4n) is 2.48. The quantitative estimate of drug-likeness (QED) is 0.929. The summed E-state index contributed by atoms with van der Waals surface area (Å²) in [6.07, 6.45) is 3.33. The van der Waals surface area contributed by atoms with Crippen LogP contribution in [0, 0.1) is 12.8 Å². The summed E-state index contributed by atoms with van der Waals surface area (Å²) in [4.78, 5) is 29.3. The SMILES string of the molecule is CC(=O)NCC1CCN(C(=O)c2cnc(C)cc2Cl)CC1. The molecule has 21 heavy (non-hydrogen) atoms. The second kappa shape index (κ2) is 6.89. The van der Waals surface area contributed by atoms with Crippen LogP contribution in [0.2, 0.25) is 5.02 Å². The molecule has 0 aromatic carbocycles. The Bertz CT molecular complexity index is 540. The summed E-state index contributed by atoms with van der Waals surface area (Å²) in [5.41, 5.74) is 1.26. The average Bonchev–Trinajstić information content (AvgIpc) is 2.45. The summed E-state index contributed by atoms with van der Waals surface area (Å²) in [6.45, 7) is 5.42. The van der Waals surface area contributed by atoms with E-state index in [2.05, 4.69) is 10.3 Å². The summed E-state index contributed by atoms with van der Waals surface area (Å²) in [7, 11) is 0. The average molecular weight is 310 g/mol. The monoisotopic (exact) mass is 309 g/mol. The van der Waals surface area contributed by atoms with Gasteiger partial charge in [-0.3, -0.25) is 14.6 Å². The maximum absolute atomic E-state index is 12.4. The molecule has 0 bridgehead atoms. The number of nitrogens with one attached hydrogen (secondary N) is 1. The zero-order chi connectivity index (χ0) is 15.4. The van der Waals surface area contributed by atoms with Crippen LogP contribution in [0.1, 0.15) is 35.8 Å². The first-order chi connectivity index (χ1) is 9.97. The van der Waals surface area contributed by atoms with Crippen molar-refractivity contribution in [1.29, 1.82) is 0 Å². The summed E-state index contributed by atoms with van der Waals surface area (Å²) in [6, 6.07) is 1.71. The van der Waals surface area contributed by atoms with Crippen LogP contribution in [0.4, 0.5) is 0 Å². The number of rotatable bonds is 3. The molecule has 0 aliphatic carbocycles. The number of piperidine rings is 1. The first kappa shape index (κ1) is 15.8. The molecular weight excluding hydrogens is 290 g/mol. The topological polar surface area (TPSA) is 62.3 Å². The van der Waals surface area contributed by atoms with Gasteiger partial charge in [0, 0.05) is 38.4 Å². The predicted octanol–water partition coefficient (Wildman–Crippen LogP) is 2.03. The third kappa shape index (κ3) is 4.17. The van der Waals surface area contributed by atoms with Crippen molar-refractivity contribution >= 4 is 23.4 Å². The van der Waals surface area contributed by atoms with E-state index in [1.807, 2.05) is 11.8 Å². The van der Waals surface area contributed by atoms with Gasteiger partial charge in [-0.2, -0.15) is 0 Å². The van der Waals surface area contributed by atoms with Crippen molar-refractivity contribution in [2.24, 2.45) is 5.92 Å². The molecule has 5 nitrogen and oxygen atoms in total. The fourth-order valence-corrected chi connectivity index (χ4v) is 2.77. The van der Waals surface area contributed by atoms with Crippen molar-refractivity contribution in [2.45, 2.75) is 26.7 Å². The first-order valence-electron chi connectivity index (χ1n) is 7.13. The summed E-state index contributed by atoms with van der Waals surface area (Å²) >= 11 is 6.12. The molecular formula is C15H20ClN3O2. The van der Waals surface area contributed by atoms with Crippen molar-refractivity contribution in [2.75, 3.05) is 19.6 Å². The van der Waals surface area contributed by atoms with Crippen LogP contribution in [0.5, 0.6) is 0 Å². The molecule has 0 atom stereocenters. The Morgan fingerprint density at radius 2 is 2.10 bits per heavy atom. The molecule has 2 heterocycles. The summed E-state index contributed by atoms with van der Waals surface area (Å²) < 4.78 is 0. The predicted molar refractivity (Wildman–Crippen MR) is 81.3 cm³/mol. The van der Waals surface area contributed by atoms with E-state index in [1.54, 1.807) is 12.3 Å². The molecule has 0 unspecified atom stereocenters. The minimum absolute atomic E-state index is 0.00832. The Morgan fingerprint density at radius 1 is 1.43 bits per heavy atom. The van der Waals surface area contributed by atoms with Crippen LogP contribution < -0.4 is 5.32 Å². The molecule has 1 aliphatic heterocycles. The standard InChI is InChI=1S/C15H20ClN3O2/c1-10-7-14(16)13(9-17-10)15(21)19-5-3-12(4-6-19)8-18-11(2)20/h7,9,12H,3-6,8H2,1-2H3,(H,18,20). The third-order valence-corrected chi connectivity index (χ3v) is 4.07. The van der Waals surface area contributed by atoms with E-state index in [0.29, 0.717) is 36.1 Å². The van der Waals surface area contributed by atoms with E-state index >= 15 is 0 Å². The first-order valence-corrected chi connectivity index (χ1v) is 7.51. The molecule has 2 rings (SSSR count). The number of hydrogen-bond acceptors (Lipinski definition) is 3. The van der Waals surface area contributed by atoms with Crippen LogP contribution in [0.25, 0.3) is 0 Å². The molecule has 6 heteroatoms. The zero-order valence-electron chi connectivity index (χ0n) is 12.4. The molecule has 1 aromatic heterocycles. The van der Waals surface area contributed by atoms with E-state index in [4.69, 9.17) is 11.6 Å². The third-order valence-electron chi connectivity index (χ3n) is 3.76. The van der Waals surface area contributed by atoms with Gasteiger partial charge in [0.25, 0.3) is 5.91 Å². The molecule has 1 aromatic rings. The van der Waals surface area contributed by atoms with Gasteiger partial charge in [0.1, 0.15) is 0 Å². The van der Waals surface area contributed by atoms with Crippen LogP contribution in [-0.4, -0.2) is 41.3 Å². The van der Waals surface area contributed by atoms with Gasteiger partial charge in [-0.25, -0.2) is 0 Å². The number of aryl methyl sites for hydroxylation is 1. The maximum Gasteiger partial charge on any atom is 0.256 e. The fraction of sp³-hybridized carbons (Fsp3) is 0.533. The molecule has 114 valence electrons. The Kier molecular flexibility index (Phi) is 5.17. The Morgan fingerprint density at radius 3 is 2.67 bits per heavy atom. The number of hydrogen-bond donors (Lipinski definition) is 1. The van der Waals surface area contributed by atoms with Gasteiger partial charge >= 0.3 is 0 Å². The molecule has 1 fully saturated rings. The number of halogens is 1. The molecule has 2 amide bonds. The molecule has 0 saturated carbocycles. The second-order valence-corrected chi connectivity index (χ2v) is 5.89. The lowest BCUT2D eigenvalue weighted by Crippen LogP contribution is -2.41. The Labute approximate surface area is 129 Å². The molecule has 1 N–H and O–H groups in total. The minimum atomic E-state index is -0.0644. The highest BCUT2D eigenvalue weighted by Crippen LogP contribution is 2.22. The highest BCUT2D eigenvalue weighted by atomic mass is 35.5. The normalized spacial score (nSPS) is 15.9. The van der Waals surface area contributed by atoms with Gasteiger partial charge in [0.15, 0.2) is 0 Å². The van der Waals surface area contributed by atoms with E-state index in [1.165, 1.54) is 6.92 Å². The van der Waals surface area contributed by atoms with Gasteiger partial charge in [-0.05, 0) is 31.7 Å². The number of amides is 2. The van der Waals surface area contributed by atoms with Gasteiger partial charge in [0.2, 0.25) is 5.91 Å². The summed E-state index contributed by atoms with van der Waals surface area (Å²) in [5.74, 6) is 0.362. The van der Waals surface area contributed by atoms with E-state index in [0.717, 1.165) is 18.5 Å². The smallest absolute Gasteiger partial charge is 0.256 e. The highest BCUT2D eigenvalue weighted by molar-refractivity contribution is 6.33. The molecule has 1 saturated heterocycles. The van der Waals surface area contributed by atoms with E-state index in [9.17, 15) is 9.59 Å².